The normalized spacial score (nSPS) is 18.4. The number of rotatable bonds is 8. The Balaban J connectivity index is 1.54. The number of piperidine rings is 1. The van der Waals surface area contributed by atoms with E-state index in [0.717, 1.165) is 36.4 Å². The highest BCUT2D eigenvalue weighted by atomic mass is 32.2. The van der Waals surface area contributed by atoms with E-state index >= 15 is 0 Å². The summed E-state index contributed by atoms with van der Waals surface area (Å²) in [6.45, 7) is 5.66. The lowest BCUT2D eigenvalue weighted by Crippen LogP contribution is -2.48. The maximum Gasteiger partial charge on any atom is 0.241 e. The highest BCUT2D eigenvalue weighted by Crippen LogP contribution is 2.21. The molecule has 2 aromatic carbocycles. The molecule has 31 heavy (non-hydrogen) atoms. The van der Waals surface area contributed by atoms with E-state index in [0.29, 0.717) is 13.1 Å². The number of carbonyl (C=O) groups excluding carboxylic acids is 1. The zero-order valence-corrected chi connectivity index (χ0v) is 19.1. The molecule has 0 aliphatic carbocycles. The van der Waals surface area contributed by atoms with Gasteiger partial charge in [-0.3, -0.25) is 9.69 Å². The molecule has 2 atom stereocenters. The fourth-order valence-corrected chi connectivity index (χ4v) is 4.85. The first-order valence-electron chi connectivity index (χ1n) is 10.5. The molecule has 0 aromatic heterocycles. The van der Waals surface area contributed by atoms with Gasteiger partial charge in [0.2, 0.25) is 15.9 Å². The van der Waals surface area contributed by atoms with Gasteiger partial charge in [-0.25, -0.2) is 13.1 Å². The number of likely N-dealkylation sites (tertiary alicyclic amines) is 1. The van der Waals surface area contributed by atoms with Gasteiger partial charge in [0.05, 0.1) is 18.0 Å². The predicted octanol–water partition coefficient (Wildman–Crippen LogP) is 3.02. The average Bonchev–Trinajstić information content (AvgIpc) is 2.78. The van der Waals surface area contributed by atoms with Gasteiger partial charge in [-0.1, -0.05) is 17.7 Å². The fourth-order valence-electron chi connectivity index (χ4n) is 3.73. The second-order valence-electron chi connectivity index (χ2n) is 8.06. The molecular weight excluding hydrogens is 414 g/mol. The second kappa shape index (κ2) is 10.3. The molecule has 1 amide bonds. The highest BCUT2D eigenvalue weighted by Gasteiger charge is 2.28. The summed E-state index contributed by atoms with van der Waals surface area (Å²) in [5.74, 6) is 0.814. The number of benzene rings is 2. The van der Waals surface area contributed by atoms with Crippen molar-refractivity contribution < 1.29 is 17.9 Å². The van der Waals surface area contributed by atoms with Gasteiger partial charge in [0, 0.05) is 18.8 Å². The maximum atomic E-state index is 12.7. The standard InChI is InChI=1S/C23H31N3O4S/c1-17-6-12-22(13-7-17)31(28,29)24-15-19-5-4-14-26(16-19)18(2)23(27)25-20-8-10-21(30-3)11-9-20/h6-13,18-19,24H,4-5,14-16H2,1-3H3,(H,25,27). The molecule has 8 heteroatoms. The Morgan fingerprint density at radius 1 is 1.16 bits per heavy atom. The van der Waals surface area contributed by atoms with E-state index in [1.807, 2.05) is 26.0 Å². The van der Waals surface area contributed by atoms with Gasteiger partial charge in [-0.05, 0) is 75.5 Å². The molecular formula is C23H31N3O4S. The van der Waals surface area contributed by atoms with Crippen LogP contribution in [0.2, 0.25) is 0 Å². The lowest BCUT2D eigenvalue weighted by Gasteiger charge is -2.36. The molecule has 168 valence electrons. The van der Waals surface area contributed by atoms with Gasteiger partial charge in [0.1, 0.15) is 5.75 Å². The van der Waals surface area contributed by atoms with Gasteiger partial charge in [-0.2, -0.15) is 0 Å². The summed E-state index contributed by atoms with van der Waals surface area (Å²) in [5, 5.41) is 2.94. The lowest BCUT2D eigenvalue weighted by molar-refractivity contribution is -0.121. The maximum absolute atomic E-state index is 12.7. The van der Waals surface area contributed by atoms with Crippen LogP contribution < -0.4 is 14.8 Å². The SMILES string of the molecule is COc1ccc(NC(=O)C(C)N2CCCC(CNS(=O)(=O)c3ccc(C)cc3)C2)cc1. The fraction of sp³-hybridized carbons (Fsp3) is 0.435. The molecule has 1 heterocycles. The smallest absolute Gasteiger partial charge is 0.241 e. The number of hydrogen-bond donors (Lipinski definition) is 2. The topological polar surface area (TPSA) is 87.7 Å². The third-order valence-corrected chi connectivity index (χ3v) is 7.17. The Morgan fingerprint density at radius 2 is 1.84 bits per heavy atom. The van der Waals surface area contributed by atoms with E-state index in [9.17, 15) is 13.2 Å². The molecule has 1 saturated heterocycles. The van der Waals surface area contributed by atoms with Crippen LogP contribution in [0.4, 0.5) is 5.69 Å². The molecule has 0 spiro atoms. The summed E-state index contributed by atoms with van der Waals surface area (Å²) in [6.07, 6.45) is 1.86. The van der Waals surface area contributed by atoms with Crippen LogP contribution in [0.1, 0.15) is 25.3 Å². The molecule has 0 saturated carbocycles. The predicted molar refractivity (Wildman–Crippen MR) is 122 cm³/mol. The molecule has 3 rings (SSSR count). The van der Waals surface area contributed by atoms with Crippen LogP contribution >= 0.6 is 0 Å². The summed E-state index contributed by atoms with van der Waals surface area (Å²) >= 11 is 0. The molecule has 1 fully saturated rings. The van der Waals surface area contributed by atoms with Crippen molar-refractivity contribution in [3.05, 3.63) is 54.1 Å². The van der Waals surface area contributed by atoms with Crippen LogP contribution in [0.5, 0.6) is 5.75 Å². The number of carbonyl (C=O) groups is 1. The number of anilines is 1. The number of ether oxygens (including phenoxy) is 1. The highest BCUT2D eigenvalue weighted by molar-refractivity contribution is 7.89. The van der Waals surface area contributed by atoms with E-state index in [-0.39, 0.29) is 22.8 Å². The molecule has 1 aliphatic heterocycles. The molecule has 2 aromatic rings. The van der Waals surface area contributed by atoms with Crippen molar-refractivity contribution in [2.24, 2.45) is 5.92 Å². The minimum Gasteiger partial charge on any atom is -0.497 e. The van der Waals surface area contributed by atoms with Crippen molar-refractivity contribution in [1.82, 2.24) is 9.62 Å². The molecule has 7 nitrogen and oxygen atoms in total. The number of aryl methyl sites for hydroxylation is 1. The van der Waals surface area contributed by atoms with Crippen molar-refractivity contribution in [1.29, 1.82) is 0 Å². The monoisotopic (exact) mass is 445 g/mol. The first-order valence-corrected chi connectivity index (χ1v) is 12.0. The van der Waals surface area contributed by atoms with Gasteiger partial charge >= 0.3 is 0 Å². The Morgan fingerprint density at radius 3 is 2.48 bits per heavy atom. The Kier molecular flexibility index (Phi) is 7.69. The summed E-state index contributed by atoms with van der Waals surface area (Å²) in [7, 11) is -1.93. The van der Waals surface area contributed by atoms with Gasteiger partial charge in [0.15, 0.2) is 0 Å². The molecule has 0 radical (unpaired) electrons. The summed E-state index contributed by atoms with van der Waals surface area (Å²) < 4.78 is 33.0. The van der Waals surface area contributed by atoms with Crippen LogP contribution in [0.15, 0.2) is 53.4 Å². The number of hydrogen-bond acceptors (Lipinski definition) is 5. The van der Waals surface area contributed by atoms with Crippen LogP contribution in [0.3, 0.4) is 0 Å². The zero-order chi connectivity index (χ0) is 22.4. The van der Waals surface area contributed by atoms with E-state index in [2.05, 4.69) is 14.9 Å². The van der Waals surface area contributed by atoms with Crippen LogP contribution in [-0.2, 0) is 14.8 Å². The van der Waals surface area contributed by atoms with Crippen LogP contribution in [-0.4, -0.2) is 52.0 Å². The van der Waals surface area contributed by atoms with E-state index < -0.39 is 10.0 Å². The summed E-state index contributed by atoms with van der Waals surface area (Å²) in [4.78, 5) is 15.1. The first-order chi connectivity index (χ1) is 14.8. The Bertz CT molecular complexity index is 975. The van der Waals surface area contributed by atoms with Crippen LogP contribution in [0.25, 0.3) is 0 Å². The number of nitrogens with zero attached hydrogens (tertiary/aromatic N) is 1. The average molecular weight is 446 g/mol. The molecule has 2 N–H and O–H groups in total. The van der Waals surface area contributed by atoms with Crippen LogP contribution in [0, 0.1) is 12.8 Å². The Labute approximate surface area is 184 Å². The van der Waals surface area contributed by atoms with Crippen molar-refractivity contribution in [2.45, 2.75) is 37.6 Å². The van der Waals surface area contributed by atoms with Crippen molar-refractivity contribution in [2.75, 3.05) is 32.1 Å². The third kappa shape index (κ3) is 6.29. The quantitative estimate of drug-likeness (QED) is 0.652. The second-order valence-corrected chi connectivity index (χ2v) is 9.83. The van der Waals surface area contributed by atoms with E-state index in [1.54, 1.807) is 43.5 Å². The van der Waals surface area contributed by atoms with Gasteiger partial charge < -0.3 is 10.1 Å². The van der Waals surface area contributed by atoms with Crippen molar-refractivity contribution in [3.63, 3.8) is 0 Å². The minimum atomic E-state index is -3.53. The van der Waals surface area contributed by atoms with Crippen molar-refractivity contribution >= 4 is 21.6 Å². The molecule has 1 aliphatic rings. The van der Waals surface area contributed by atoms with Gasteiger partial charge in [-0.15, -0.1) is 0 Å². The lowest BCUT2D eigenvalue weighted by atomic mass is 9.97. The van der Waals surface area contributed by atoms with Gasteiger partial charge in [0.25, 0.3) is 0 Å². The van der Waals surface area contributed by atoms with Crippen molar-refractivity contribution in [3.8, 4) is 5.75 Å². The third-order valence-electron chi connectivity index (χ3n) is 5.73. The number of sulfonamides is 1. The molecule has 0 bridgehead atoms. The van der Waals surface area contributed by atoms with E-state index in [1.165, 1.54) is 0 Å². The first kappa shape index (κ1) is 23.2. The zero-order valence-electron chi connectivity index (χ0n) is 18.3. The molecule has 2 unspecified atom stereocenters. The Hall–Kier alpha value is -2.42. The summed E-state index contributed by atoms with van der Waals surface area (Å²) in [5.41, 5.74) is 1.74. The number of amides is 1. The van der Waals surface area contributed by atoms with E-state index in [4.69, 9.17) is 4.74 Å². The largest absolute Gasteiger partial charge is 0.497 e. The minimum absolute atomic E-state index is 0.0777. The number of methoxy groups -OCH3 is 1. The summed E-state index contributed by atoms with van der Waals surface area (Å²) in [6, 6.07) is 13.7. The number of nitrogens with one attached hydrogen (secondary N) is 2.